The number of halogens is 1. The van der Waals surface area contributed by atoms with Crippen LogP contribution >= 0.6 is 22.9 Å². The van der Waals surface area contributed by atoms with E-state index in [2.05, 4.69) is 36.2 Å². The highest BCUT2D eigenvalue weighted by atomic mass is 35.5. The maximum absolute atomic E-state index is 5.90. The summed E-state index contributed by atoms with van der Waals surface area (Å²) in [4.78, 5) is 7.69. The summed E-state index contributed by atoms with van der Waals surface area (Å²) in [6, 6.07) is 12.0. The molecule has 0 bridgehead atoms. The number of aliphatic imine (C=N–C) groups is 1. The highest BCUT2D eigenvalue weighted by molar-refractivity contribution is 7.16. The predicted molar refractivity (Wildman–Crippen MR) is 123 cm³/mol. The maximum Gasteiger partial charge on any atom is 0.0934 e. The van der Waals surface area contributed by atoms with E-state index in [1.54, 1.807) is 43.0 Å². The van der Waals surface area contributed by atoms with Crippen molar-refractivity contribution in [2.75, 3.05) is 20.6 Å². The van der Waals surface area contributed by atoms with Gasteiger partial charge in [-0.1, -0.05) is 67.2 Å². The Balaban J connectivity index is 0.000000227. The molecule has 3 nitrogen and oxygen atoms in total. The molecular weight excluding hydrogens is 374 g/mol. The fourth-order valence-corrected chi connectivity index (χ4v) is 3.82. The van der Waals surface area contributed by atoms with Gasteiger partial charge in [-0.05, 0) is 30.7 Å². The fraction of sp³-hybridized carbons (Fsp3) is 0.227. The van der Waals surface area contributed by atoms with Crippen molar-refractivity contribution in [1.82, 2.24) is 4.90 Å². The first-order valence-electron chi connectivity index (χ1n) is 8.64. The summed E-state index contributed by atoms with van der Waals surface area (Å²) >= 11 is 7.62. The Labute approximate surface area is 172 Å². The van der Waals surface area contributed by atoms with Gasteiger partial charge in [0.05, 0.1) is 4.34 Å². The molecule has 1 aliphatic rings. The molecule has 3 rings (SSSR count). The molecule has 1 aliphatic heterocycles. The lowest BCUT2D eigenvalue weighted by molar-refractivity contribution is 0.317. The minimum Gasteiger partial charge on any atom is -0.404 e. The van der Waals surface area contributed by atoms with Gasteiger partial charge >= 0.3 is 0 Å². The molecule has 0 fully saturated rings. The summed E-state index contributed by atoms with van der Waals surface area (Å²) in [6.07, 6.45) is 7.74. The van der Waals surface area contributed by atoms with E-state index >= 15 is 0 Å². The Kier molecular flexibility index (Phi) is 11.1. The predicted octanol–water partition coefficient (Wildman–Crippen LogP) is 5.43. The Morgan fingerprint density at radius 1 is 1.26 bits per heavy atom. The van der Waals surface area contributed by atoms with Gasteiger partial charge in [-0.2, -0.15) is 0 Å². The quantitative estimate of drug-likeness (QED) is 0.550. The van der Waals surface area contributed by atoms with E-state index in [4.69, 9.17) is 17.3 Å². The monoisotopic (exact) mass is 401 g/mol. The highest BCUT2D eigenvalue weighted by Crippen LogP contribution is 2.30. The molecule has 27 heavy (non-hydrogen) atoms. The second-order valence-corrected chi connectivity index (χ2v) is 7.60. The largest absolute Gasteiger partial charge is 0.404 e. The molecule has 0 spiro atoms. The Morgan fingerprint density at radius 2 is 1.93 bits per heavy atom. The number of likely N-dealkylation sites (N-methyl/N-ethyl adjacent to an activating group) is 1. The lowest BCUT2D eigenvalue weighted by Gasteiger charge is -2.21. The summed E-state index contributed by atoms with van der Waals surface area (Å²) in [5.41, 5.74) is 8.93. The van der Waals surface area contributed by atoms with Crippen molar-refractivity contribution < 1.29 is 0 Å². The average Bonchev–Trinajstić information content (AvgIpc) is 3.06. The molecule has 0 saturated heterocycles. The third kappa shape index (κ3) is 8.39. The van der Waals surface area contributed by atoms with Gasteiger partial charge in [0.1, 0.15) is 0 Å². The van der Waals surface area contributed by atoms with Crippen LogP contribution in [-0.2, 0) is 13.0 Å². The molecule has 0 atom stereocenters. The number of benzene rings is 1. The fourth-order valence-electron chi connectivity index (χ4n) is 2.39. The van der Waals surface area contributed by atoms with Crippen molar-refractivity contribution in [2.45, 2.75) is 13.0 Å². The number of hydrogen-bond acceptors (Lipinski definition) is 4. The molecule has 144 valence electrons. The molecule has 0 aliphatic carbocycles. The van der Waals surface area contributed by atoms with Crippen molar-refractivity contribution in [3.05, 3.63) is 88.2 Å². The second-order valence-electron chi connectivity index (χ2n) is 5.83. The molecule has 2 heterocycles. The van der Waals surface area contributed by atoms with E-state index in [0.29, 0.717) is 0 Å². The highest BCUT2D eigenvalue weighted by Gasteiger charge is 2.15. The van der Waals surface area contributed by atoms with Crippen molar-refractivity contribution in [3.63, 3.8) is 0 Å². The zero-order valence-electron chi connectivity index (χ0n) is 16.1. The van der Waals surface area contributed by atoms with Gasteiger partial charge in [-0.3, -0.25) is 4.99 Å². The van der Waals surface area contributed by atoms with Crippen LogP contribution in [0.5, 0.6) is 0 Å². The third-order valence-corrected chi connectivity index (χ3v) is 5.06. The first-order chi connectivity index (χ1) is 13.0. The van der Waals surface area contributed by atoms with E-state index in [9.17, 15) is 0 Å². The van der Waals surface area contributed by atoms with Crippen LogP contribution in [-0.4, -0.2) is 31.8 Å². The molecule has 0 saturated carbocycles. The van der Waals surface area contributed by atoms with E-state index in [-0.39, 0.29) is 0 Å². The van der Waals surface area contributed by atoms with E-state index in [1.807, 2.05) is 30.3 Å². The van der Waals surface area contributed by atoms with Crippen LogP contribution in [0, 0.1) is 0 Å². The van der Waals surface area contributed by atoms with Crippen molar-refractivity contribution in [3.8, 4) is 0 Å². The number of thiophene rings is 1. The molecule has 0 unspecified atom stereocenters. The molecular formula is C22H28ClN3S. The Morgan fingerprint density at radius 3 is 2.48 bits per heavy atom. The van der Waals surface area contributed by atoms with Crippen molar-refractivity contribution >= 4 is 34.7 Å². The smallest absolute Gasteiger partial charge is 0.0934 e. The number of rotatable bonds is 3. The van der Waals surface area contributed by atoms with Crippen LogP contribution in [0.1, 0.15) is 16.0 Å². The number of nitrogens with two attached hydrogens (primary N) is 1. The minimum atomic E-state index is 0.935. The zero-order valence-corrected chi connectivity index (χ0v) is 17.6. The zero-order chi connectivity index (χ0) is 20.1. The number of allylic oxidation sites excluding steroid dienone is 3. The second kappa shape index (κ2) is 13.1. The summed E-state index contributed by atoms with van der Waals surface area (Å²) in [5, 5.41) is 0. The summed E-state index contributed by atoms with van der Waals surface area (Å²) < 4.78 is 0.935. The summed E-state index contributed by atoms with van der Waals surface area (Å²) in [6.45, 7) is 8.97. The topological polar surface area (TPSA) is 41.6 Å². The van der Waals surface area contributed by atoms with Crippen LogP contribution in [0.2, 0.25) is 4.34 Å². The van der Waals surface area contributed by atoms with Crippen molar-refractivity contribution in [1.29, 1.82) is 0 Å². The normalized spacial score (nSPS) is 13.7. The minimum absolute atomic E-state index is 0.935. The standard InChI is InChI=1S/C10H12N2.C8H10ClNS.C4H6/c1-12-8-10(7-11)9-5-3-2-4-6-9;1-10-3-2-6-4-8(9)11-7(6)5-10;1-3-4-2/h2-8H,11H2,1H3;4H,2-3,5H2,1H3;3-4H,1-2H2/b10-7+,12-8?;;. The van der Waals surface area contributed by atoms with Gasteiger partial charge in [-0.25, -0.2) is 0 Å². The van der Waals surface area contributed by atoms with E-state index in [0.717, 1.165) is 28.4 Å². The van der Waals surface area contributed by atoms with Crippen LogP contribution in [0.4, 0.5) is 0 Å². The SMILES string of the molecule is C=CC=C.CN1CCc2cc(Cl)sc2C1.CN=C/C(=C\N)c1ccccc1. The van der Waals surface area contributed by atoms with Gasteiger partial charge in [0.25, 0.3) is 0 Å². The number of hydrogen-bond donors (Lipinski definition) is 1. The summed E-state index contributed by atoms with van der Waals surface area (Å²) in [5.74, 6) is 0. The average molecular weight is 402 g/mol. The van der Waals surface area contributed by atoms with Crippen LogP contribution in [0.3, 0.4) is 0 Å². The van der Waals surface area contributed by atoms with Gasteiger partial charge in [0, 0.05) is 43.0 Å². The molecule has 5 heteroatoms. The molecule has 1 aromatic heterocycles. The maximum atomic E-state index is 5.90. The molecule has 2 aromatic rings. The lowest BCUT2D eigenvalue weighted by atomic mass is 10.1. The van der Waals surface area contributed by atoms with Gasteiger partial charge in [0.15, 0.2) is 0 Å². The first kappa shape index (κ1) is 22.9. The number of nitrogens with zero attached hydrogens (tertiary/aromatic N) is 2. The first-order valence-corrected chi connectivity index (χ1v) is 9.83. The van der Waals surface area contributed by atoms with Crippen LogP contribution < -0.4 is 5.73 Å². The molecule has 1 aromatic carbocycles. The van der Waals surface area contributed by atoms with Gasteiger partial charge in [-0.15, -0.1) is 11.3 Å². The Hall–Kier alpha value is -2.14. The molecule has 0 amide bonds. The van der Waals surface area contributed by atoms with E-state index < -0.39 is 0 Å². The van der Waals surface area contributed by atoms with Gasteiger partial charge < -0.3 is 10.6 Å². The van der Waals surface area contributed by atoms with Gasteiger partial charge in [0.2, 0.25) is 0 Å². The number of fused-ring (bicyclic) bond motifs is 1. The molecule has 2 N–H and O–H groups in total. The Bertz CT molecular complexity index is 757. The molecule has 0 radical (unpaired) electrons. The lowest BCUT2D eigenvalue weighted by Crippen LogP contribution is -2.24. The van der Waals surface area contributed by atoms with Crippen LogP contribution in [0.25, 0.3) is 5.57 Å². The van der Waals surface area contributed by atoms with Crippen molar-refractivity contribution in [2.24, 2.45) is 10.7 Å². The van der Waals surface area contributed by atoms with Crippen LogP contribution in [0.15, 0.2) is 72.9 Å². The summed E-state index contributed by atoms with van der Waals surface area (Å²) in [7, 11) is 3.88. The van der Waals surface area contributed by atoms with E-state index in [1.165, 1.54) is 17.0 Å². The third-order valence-electron chi connectivity index (χ3n) is 3.76.